The van der Waals surface area contributed by atoms with Gasteiger partial charge in [-0.1, -0.05) is 13.8 Å². The van der Waals surface area contributed by atoms with Gasteiger partial charge in [0.2, 0.25) is 5.91 Å². The number of nitrogens with zero attached hydrogens (tertiary/aromatic N) is 1. The summed E-state index contributed by atoms with van der Waals surface area (Å²) in [6, 6.07) is 1.77. The van der Waals surface area contributed by atoms with Gasteiger partial charge in [0, 0.05) is 13.2 Å². The van der Waals surface area contributed by atoms with Crippen molar-refractivity contribution in [3.8, 4) is 6.07 Å². The fraction of sp³-hybridized carbons (Fsp3) is 0.778. The van der Waals surface area contributed by atoms with E-state index in [-0.39, 0.29) is 12.3 Å². The average molecular weight is 184 g/mol. The van der Waals surface area contributed by atoms with E-state index in [1.165, 1.54) is 0 Å². The second kappa shape index (κ2) is 7.56. The van der Waals surface area contributed by atoms with Crippen molar-refractivity contribution >= 4 is 5.91 Å². The van der Waals surface area contributed by atoms with Crippen LogP contribution in [0.5, 0.6) is 0 Å². The molecule has 74 valence electrons. The Morgan fingerprint density at radius 1 is 1.62 bits per heavy atom. The van der Waals surface area contributed by atoms with E-state index in [9.17, 15) is 4.79 Å². The first-order valence-electron chi connectivity index (χ1n) is 4.38. The molecule has 1 amide bonds. The summed E-state index contributed by atoms with van der Waals surface area (Å²) in [5.74, 6) is 0.269. The van der Waals surface area contributed by atoms with Gasteiger partial charge in [-0.25, -0.2) is 0 Å². The number of ether oxygens (including phenoxy) is 1. The van der Waals surface area contributed by atoms with Crippen LogP contribution in [-0.2, 0) is 9.53 Å². The second-order valence-electron chi connectivity index (χ2n) is 3.15. The van der Waals surface area contributed by atoms with Crippen LogP contribution in [-0.4, -0.2) is 25.7 Å². The largest absolute Gasteiger partial charge is 0.379 e. The smallest absolute Gasteiger partial charge is 0.234 e. The van der Waals surface area contributed by atoms with Gasteiger partial charge < -0.3 is 10.1 Å². The summed E-state index contributed by atoms with van der Waals surface area (Å²) in [7, 11) is 0. The highest BCUT2D eigenvalue weighted by Gasteiger charge is 1.98. The zero-order chi connectivity index (χ0) is 10.1. The molecule has 0 saturated carbocycles. The molecule has 0 heterocycles. The van der Waals surface area contributed by atoms with Crippen molar-refractivity contribution in [3.05, 3.63) is 0 Å². The minimum Gasteiger partial charge on any atom is -0.379 e. The molecule has 0 bridgehead atoms. The molecule has 0 radical (unpaired) electrons. The minimum atomic E-state index is -0.240. The topological polar surface area (TPSA) is 62.1 Å². The molecule has 0 aliphatic rings. The number of carbonyl (C=O) groups excluding carboxylic acids is 1. The molecule has 0 fully saturated rings. The molecule has 4 heteroatoms. The van der Waals surface area contributed by atoms with E-state index in [0.29, 0.717) is 25.7 Å². The third-order valence-electron chi connectivity index (χ3n) is 1.26. The second-order valence-corrected chi connectivity index (χ2v) is 3.15. The van der Waals surface area contributed by atoms with Crippen LogP contribution in [0.4, 0.5) is 0 Å². The van der Waals surface area contributed by atoms with Gasteiger partial charge in [0.1, 0.15) is 6.42 Å². The first-order valence-corrected chi connectivity index (χ1v) is 4.38. The Morgan fingerprint density at radius 2 is 2.31 bits per heavy atom. The van der Waals surface area contributed by atoms with E-state index in [0.717, 1.165) is 0 Å². The number of amides is 1. The quantitative estimate of drug-likeness (QED) is 0.618. The van der Waals surface area contributed by atoms with Crippen molar-refractivity contribution in [1.29, 1.82) is 5.26 Å². The van der Waals surface area contributed by atoms with Gasteiger partial charge in [-0.15, -0.1) is 0 Å². The van der Waals surface area contributed by atoms with Crippen molar-refractivity contribution in [2.24, 2.45) is 5.92 Å². The summed E-state index contributed by atoms with van der Waals surface area (Å²) < 4.78 is 5.23. The summed E-state index contributed by atoms with van der Waals surface area (Å²) in [5.41, 5.74) is 0. The van der Waals surface area contributed by atoms with Crippen LogP contribution in [0.25, 0.3) is 0 Å². The Balaban J connectivity index is 3.17. The first kappa shape index (κ1) is 11.9. The maximum atomic E-state index is 10.8. The van der Waals surface area contributed by atoms with Crippen LogP contribution in [0.2, 0.25) is 0 Å². The molecule has 4 nitrogen and oxygen atoms in total. The molecule has 0 aromatic heterocycles. The highest BCUT2D eigenvalue weighted by molar-refractivity contribution is 5.77. The van der Waals surface area contributed by atoms with Crippen LogP contribution in [0.3, 0.4) is 0 Å². The Hall–Kier alpha value is -1.08. The predicted molar refractivity (Wildman–Crippen MR) is 48.9 cm³/mol. The molecular formula is C9H16N2O2. The molecule has 0 spiro atoms. The zero-order valence-corrected chi connectivity index (χ0v) is 8.17. The molecule has 0 atom stereocenters. The summed E-state index contributed by atoms with van der Waals surface area (Å²) >= 11 is 0. The summed E-state index contributed by atoms with van der Waals surface area (Å²) in [6.45, 7) is 5.82. The monoisotopic (exact) mass is 184 g/mol. The van der Waals surface area contributed by atoms with Crippen LogP contribution >= 0.6 is 0 Å². The maximum Gasteiger partial charge on any atom is 0.234 e. The number of nitriles is 1. The Labute approximate surface area is 78.9 Å². The Morgan fingerprint density at radius 3 is 2.85 bits per heavy atom. The molecular weight excluding hydrogens is 168 g/mol. The standard InChI is InChI=1S/C9H16N2O2/c1-8(2)7-13-6-5-11-9(12)3-4-10/h8H,3,5-7H2,1-2H3,(H,11,12). The minimum absolute atomic E-state index is 0.0792. The van der Waals surface area contributed by atoms with E-state index in [2.05, 4.69) is 19.2 Å². The Kier molecular flexibility index (Phi) is 6.93. The van der Waals surface area contributed by atoms with E-state index in [1.54, 1.807) is 6.07 Å². The number of carbonyl (C=O) groups is 1. The maximum absolute atomic E-state index is 10.8. The predicted octanol–water partition coefficient (Wildman–Crippen LogP) is 0.689. The van der Waals surface area contributed by atoms with Crippen molar-refractivity contribution in [3.63, 3.8) is 0 Å². The van der Waals surface area contributed by atoms with Gasteiger partial charge in [-0.05, 0) is 5.92 Å². The van der Waals surface area contributed by atoms with Crippen LogP contribution in [0, 0.1) is 17.2 Å². The van der Waals surface area contributed by atoms with Gasteiger partial charge >= 0.3 is 0 Å². The van der Waals surface area contributed by atoms with E-state index >= 15 is 0 Å². The van der Waals surface area contributed by atoms with E-state index < -0.39 is 0 Å². The fourth-order valence-corrected chi connectivity index (χ4v) is 0.716. The van der Waals surface area contributed by atoms with E-state index in [1.807, 2.05) is 0 Å². The number of nitrogens with one attached hydrogen (secondary N) is 1. The lowest BCUT2D eigenvalue weighted by atomic mass is 10.2. The Bertz CT molecular complexity index is 185. The van der Waals surface area contributed by atoms with Crippen molar-refractivity contribution in [1.82, 2.24) is 5.32 Å². The lowest BCUT2D eigenvalue weighted by Gasteiger charge is -2.06. The molecule has 0 aliphatic heterocycles. The SMILES string of the molecule is CC(C)COCCNC(=O)CC#N. The lowest BCUT2D eigenvalue weighted by molar-refractivity contribution is -0.120. The lowest BCUT2D eigenvalue weighted by Crippen LogP contribution is -2.27. The fourth-order valence-electron chi connectivity index (χ4n) is 0.716. The van der Waals surface area contributed by atoms with Gasteiger partial charge in [-0.3, -0.25) is 4.79 Å². The van der Waals surface area contributed by atoms with Crippen LogP contribution in [0.15, 0.2) is 0 Å². The number of hydrogen-bond acceptors (Lipinski definition) is 3. The van der Waals surface area contributed by atoms with Crippen molar-refractivity contribution in [2.75, 3.05) is 19.8 Å². The van der Waals surface area contributed by atoms with Crippen LogP contribution < -0.4 is 5.32 Å². The van der Waals surface area contributed by atoms with Crippen molar-refractivity contribution < 1.29 is 9.53 Å². The third-order valence-corrected chi connectivity index (χ3v) is 1.26. The normalized spacial score (nSPS) is 9.69. The van der Waals surface area contributed by atoms with Crippen LogP contribution in [0.1, 0.15) is 20.3 Å². The molecule has 13 heavy (non-hydrogen) atoms. The molecule has 0 saturated heterocycles. The molecule has 0 aromatic carbocycles. The highest BCUT2D eigenvalue weighted by atomic mass is 16.5. The highest BCUT2D eigenvalue weighted by Crippen LogP contribution is 1.90. The molecule has 0 rings (SSSR count). The van der Waals surface area contributed by atoms with Gasteiger partial charge in [-0.2, -0.15) is 5.26 Å². The van der Waals surface area contributed by atoms with Gasteiger partial charge in [0.25, 0.3) is 0 Å². The molecule has 0 unspecified atom stereocenters. The summed E-state index contributed by atoms with van der Waals surface area (Å²) in [5, 5.41) is 10.7. The van der Waals surface area contributed by atoms with E-state index in [4.69, 9.17) is 10.00 Å². The number of hydrogen-bond donors (Lipinski definition) is 1. The van der Waals surface area contributed by atoms with Gasteiger partial charge in [0.15, 0.2) is 0 Å². The zero-order valence-electron chi connectivity index (χ0n) is 8.17. The summed E-state index contributed by atoms with van der Waals surface area (Å²) in [4.78, 5) is 10.8. The van der Waals surface area contributed by atoms with Gasteiger partial charge in [0.05, 0.1) is 12.7 Å². The number of rotatable bonds is 6. The third kappa shape index (κ3) is 8.83. The first-order chi connectivity index (χ1) is 6.16. The average Bonchev–Trinajstić information content (AvgIpc) is 2.03. The van der Waals surface area contributed by atoms with Crippen molar-refractivity contribution in [2.45, 2.75) is 20.3 Å². The summed E-state index contributed by atoms with van der Waals surface area (Å²) in [6.07, 6.45) is -0.0792. The molecule has 0 aliphatic carbocycles. The molecule has 0 aromatic rings. The molecule has 1 N–H and O–H groups in total.